The number of carbonyl (C=O) groups excluding carboxylic acids is 1. The third kappa shape index (κ3) is 5.93. The first-order chi connectivity index (χ1) is 9.27. The van der Waals surface area contributed by atoms with Crippen LogP contribution < -0.4 is 0 Å². The summed E-state index contributed by atoms with van der Waals surface area (Å²) in [5, 5.41) is 3.78. The lowest BCUT2D eigenvalue weighted by molar-refractivity contribution is -0.143. The maximum Gasteiger partial charge on any atom is 0.305 e. The summed E-state index contributed by atoms with van der Waals surface area (Å²) >= 11 is 0. The van der Waals surface area contributed by atoms with Crippen molar-refractivity contribution >= 4 is 5.97 Å². The summed E-state index contributed by atoms with van der Waals surface area (Å²) in [6.07, 6.45) is 2.50. The Bertz CT molecular complexity index is 428. The standard InChI is InChI=1S/C14H19N3O2/c1-2-11-19-14(18)10-6-9-13(16-17-15)12-7-4-3-5-8-12/h3-5,7-8,13H,2,6,9-11H2,1H3. The van der Waals surface area contributed by atoms with Crippen molar-refractivity contribution in [3.8, 4) is 0 Å². The summed E-state index contributed by atoms with van der Waals surface area (Å²) < 4.78 is 5.00. The molecule has 1 unspecified atom stereocenters. The van der Waals surface area contributed by atoms with Crippen molar-refractivity contribution in [2.75, 3.05) is 6.61 Å². The van der Waals surface area contributed by atoms with Crippen molar-refractivity contribution in [2.24, 2.45) is 5.11 Å². The van der Waals surface area contributed by atoms with E-state index in [1.807, 2.05) is 37.3 Å². The monoisotopic (exact) mass is 261 g/mol. The van der Waals surface area contributed by atoms with E-state index in [-0.39, 0.29) is 12.0 Å². The van der Waals surface area contributed by atoms with E-state index in [1.54, 1.807) is 0 Å². The van der Waals surface area contributed by atoms with Crippen molar-refractivity contribution in [3.63, 3.8) is 0 Å². The zero-order valence-corrected chi connectivity index (χ0v) is 11.2. The minimum Gasteiger partial charge on any atom is -0.466 e. The van der Waals surface area contributed by atoms with E-state index >= 15 is 0 Å². The minimum absolute atomic E-state index is 0.186. The molecule has 0 radical (unpaired) electrons. The number of hydrogen-bond acceptors (Lipinski definition) is 3. The summed E-state index contributed by atoms with van der Waals surface area (Å²) in [4.78, 5) is 14.2. The summed E-state index contributed by atoms with van der Waals surface area (Å²) in [6.45, 7) is 2.43. The number of carbonyl (C=O) groups is 1. The van der Waals surface area contributed by atoms with Gasteiger partial charge in [-0.05, 0) is 30.4 Å². The van der Waals surface area contributed by atoms with E-state index in [9.17, 15) is 4.79 Å². The zero-order valence-electron chi connectivity index (χ0n) is 11.2. The van der Waals surface area contributed by atoms with E-state index in [4.69, 9.17) is 10.3 Å². The molecule has 0 saturated carbocycles. The quantitative estimate of drug-likeness (QED) is 0.305. The first-order valence-electron chi connectivity index (χ1n) is 6.52. The Morgan fingerprint density at radius 2 is 2.16 bits per heavy atom. The second-order valence-electron chi connectivity index (χ2n) is 4.24. The molecule has 0 bridgehead atoms. The van der Waals surface area contributed by atoms with Gasteiger partial charge in [-0.25, -0.2) is 0 Å². The summed E-state index contributed by atoms with van der Waals surface area (Å²) in [5.74, 6) is -0.186. The van der Waals surface area contributed by atoms with E-state index in [2.05, 4.69) is 10.0 Å². The molecule has 1 aromatic carbocycles. The van der Waals surface area contributed by atoms with Crippen molar-refractivity contribution in [1.29, 1.82) is 0 Å². The van der Waals surface area contributed by atoms with Gasteiger partial charge in [0.15, 0.2) is 0 Å². The first kappa shape index (κ1) is 15.1. The van der Waals surface area contributed by atoms with Gasteiger partial charge in [-0.1, -0.05) is 42.4 Å². The molecule has 0 aromatic heterocycles. The second-order valence-corrected chi connectivity index (χ2v) is 4.24. The molecule has 0 amide bonds. The van der Waals surface area contributed by atoms with Gasteiger partial charge in [0.05, 0.1) is 12.6 Å². The maximum absolute atomic E-state index is 11.4. The molecule has 0 saturated heterocycles. The second kappa shape index (κ2) is 9.00. The minimum atomic E-state index is -0.217. The lowest BCUT2D eigenvalue weighted by atomic mass is 10.0. The van der Waals surface area contributed by atoms with Gasteiger partial charge in [0.2, 0.25) is 0 Å². The highest BCUT2D eigenvalue weighted by atomic mass is 16.5. The molecule has 0 aliphatic carbocycles. The van der Waals surface area contributed by atoms with Crippen LogP contribution in [0.25, 0.3) is 10.4 Å². The predicted octanol–water partition coefficient (Wildman–Crippen LogP) is 4.16. The number of azide groups is 1. The highest BCUT2D eigenvalue weighted by Gasteiger charge is 2.10. The highest BCUT2D eigenvalue weighted by Crippen LogP contribution is 2.23. The Morgan fingerprint density at radius 1 is 1.42 bits per heavy atom. The van der Waals surface area contributed by atoms with Crippen LogP contribution in [-0.4, -0.2) is 12.6 Å². The van der Waals surface area contributed by atoms with Crippen LogP contribution in [0.3, 0.4) is 0 Å². The van der Waals surface area contributed by atoms with Gasteiger partial charge in [0.25, 0.3) is 0 Å². The third-order valence-electron chi connectivity index (χ3n) is 2.70. The van der Waals surface area contributed by atoms with Crippen LogP contribution in [0.4, 0.5) is 0 Å². The highest BCUT2D eigenvalue weighted by molar-refractivity contribution is 5.69. The van der Waals surface area contributed by atoms with Gasteiger partial charge in [-0.15, -0.1) is 0 Å². The molecule has 0 heterocycles. The molecule has 1 rings (SSSR count). The molecular formula is C14H19N3O2. The molecule has 5 heteroatoms. The molecule has 5 nitrogen and oxygen atoms in total. The van der Waals surface area contributed by atoms with Gasteiger partial charge >= 0.3 is 5.97 Å². The number of hydrogen-bond donors (Lipinski definition) is 0. The van der Waals surface area contributed by atoms with Crippen LogP contribution in [0.2, 0.25) is 0 Å². The molecule has 0 N–H and O–H groups in total. The Labute approximate surface area is 113 Å². The van der Waals surface area contributed by atoms with Gasteiger partial charge in [-0.2, -0.15) is 0 Å². The Hall–Kier alpha value is -2.00. The average Bonchev–Trinajstić information content (AvgIpc) is 2.45. The predicted molar refractivity (Wildman–Crippen MR) is 73.4 cm³/mol. The van der Waals surface area contributed by atoms with Crippen molar-refractivity contribution in [1.82, 2.24) is 0 Å². The zero-order chi connectivity index (χ0) is 13.9. The maximum atomic E-state index is 11.4. The van der Waals surface area contributed by atoms with Crippen LogP contribution in [0, 0.1) is 0 Å². The fourth-order valence-corrected chi connectivity index (χ4v) is 1.76. The van der Waals surface area contributed by atoms with Crippen LogP contribution in [0.15, 0.2) is 35.4 Å². The lowest BCUT2D eigenvalue weighted by Crippen LogP contribution is -2.05. The molecule has 0 fully saturated rings. The number of ether oxygens (including phenoxy) is 1. The topological polar surface area (TPSA) is 75.1 Å². The molecule has 0 aliphatic heterocycles. The van der Waals surface area contributed by atoms with E-state index in [0.717, 1.165) is 12.0 Å². The molecular weight excluding hydrogens is 242 g/mol. The summed E-state index contributed by atoms with van der Waals surface area (Å²) in [5.41, 5.74) is 9.56. The summed E-state index contributed by atoms with van der Waals surface area (Å²) in [7, 11) is 0. The Kier molecular flexibility index (Phi) is 7.13. The normalized spacial score (nSPS) is 11.4. The number of esters is 1. The largest absolute Gasteiger partial charge is 0.466 e. The summed E-state index contributed by atoms with van der Waals surface area (Å²) in [6, 6.07) is 9.36. The number of benzene rings is 1. The van der Waals surface area contributed by atoms with Crippen LogP contribution >= 0.6 is 0 Å². The lowest BCUT2D eigenvalue weighted by Gasteiger charge is -2.11. The van der Waals surface area contributed by atoms with Crippen molar-refractivity contribution in [3.05, 3.63) is 46.3 Å². The van der Waals surface area contributed by atoms with E-state index in [0.29, 0.717) is 25.9 Å². The fraction of sp³-hybridized carbons (Fsp3) is 0.500. The van der Waals surface area contributed by atoms with Gasteiger partial charge in [-0.3, -0.25) is 4.79 Å². The fourth-order valence-electron chi connectivity index (χ4n) is 1.76. The van der Waals surface area contributed by atoms with E-state index in [1.165, 1.54) is 0 Å². The van der Waals surface area contributed by atoms with Crippen LogP contribution in [-0.2, 0) is 9.53 Å². The van der Waals surface area contributed by atoms with E-state index < -0.39 is 0 Å². The molecule has 1 aromatic rings. The smallest absolute Gasteiger partial charge is 0.305 e. The van der Waals surface area contributed by atoms with Crippen LogP contribution in [0.1, 0.15) is 44.2 Å². The molecule has 1 atom stereocenters. The Balaban J connectivity index is 2.43. The number of rotatable bonds is 8. The SMILES string of the molecule is CCCOC(=O)CCCC(N=[N+]=[N-])c1ccccc1. The van der Waals surface area contributed by atoms with Gasteiger partial charge in [0, 0.05) is 11.3 Å². The molecule has 102 valence electrons. The molecule has 19 heavy (non-hydrogen) atoms. The first-order valence-corrected chi connectivity index (χ1v) is 6.52. The Morgan fingerprint density at radius 3 is 2.79 bits per heavy atom. The third-order valence-corrected chi connectivity index (χ3v) is 2.70. The van der Waals surface area contributed by atoms with Crippen molar-refractivity contribution in [2.45, 2.75) is 38.6 Å². The number of nitrogens with zero attached hydrogens (tertiary/aromatic N) is 3. The molecule has 0 aliphatic rings. The average molecular weight is 261 g/mol. The van der Waals surface area contributed by atoms with Crippen LogP contribution in [0.5, 0.6) is 0 Å². The van der Waals surface area contributed by atoms with Gasteiger partial charge < -0.3 is 4.74 Å². The van der Waals surface area contributed by atoms with Crippen molar-refractivity contribution < 1.29 is 9.53 Å². The molecule has 0 spiro atoms. The van der Waals surface area contributed by atoms with Gasteiger partial charge in [0.1, 0.15) is 0 Å².